The molecule has 2 aliphatic rings. The summed E-state index contributed by atoms with van der Waals surface area (Å²) in [7, 11) is 2.19. The highest BCUT2D eigenvalue weighted by Gasteiger charge is 2.40. The first kappa shape index (κ1) is 11.6. The van der Waals surface area contributed by atoms with Crippen molar-refractivity contribution in [3.63, 3.8) is 0 Å². The van der Waals surface area contributed by atoms with Crippen LogP contribution in [0.25, 0.3) is 0 Å². The van der Waals surface area contributed by atoms with E-state index in [4.69, 9.17) is 5.26 Å². The molecule has 16 heavy (non-hydrogen) atoms. The van der Waals surface area contributed by atoms with Crippen LogP contribution in [-0.4, -0.2) is 29.8 Å². The van der Waals surface area contributed by atoms with Gasteiger partial charge in [-0.2, -0.15) is 5.26 Å². The lowest BCUT2D eigenvalue weighted by molar-refractivity contribution is -0.125. The molecule has 0 aromatic heterocycles. The smallest absolute Gasteiger partial charge is 0.136 e. The van der Waals surface area contributed by atoms with Crippen LogP contribution in [0.1, 0.15) is 44.9 Å². The highest BCUT2D eigenvalue weighted by Crippen LogP contribution is 2.38. The molecule has 3 heteroatoms. The van der Waals surface area contributed by atoms with Crippen LogP contribution >= 0.6 is 0 Å². The standard InChI is InChI=1S/C13H20N2O/c1-15-11-5-6-12(15)9-10(8-11)13(16)4-2-3-7-14/h10-12H,2-6,8-9H2,1H3. The number of hydrogen-bond acceptors (Lipinski definition) is 3. The highest BCUT2D eigenvalue weighted by molar-refractivity contribution is 5.81. The molecule has 0 N–H and O–H groups in total. The summed E-state index contributed by atoms with van der Waals surface area (Å²) in [5, 5.41) is 8.45. The van der Waals surface area contributed by atoms with Crippen LogP contribution in [0.15, 0.2) is 0 Å². The number of nitriles is 1. The molecular formula is C13H20N2O. The van der Waals surface area contributed by atoms with Crippen molar-refractivity contribution in [2.45, 2.75) is 57.0 Å². The fraction of sp³-hybridized carbons (Fsp3) is 0.846. The Hall–Kier alpha value is -0.880. The normalized spacial score (nSPS) is 33.6. The van der Waals surface area contributed by atoms with Crippen LogP contribution < -0.4 is 0 Å². The van der Waals surface area contributed by atoms with E-state index in [1.807, 2.05) is 0 Å². The predicted octanol–water partition coefficient (Wildman–Crippen LogP) is 2.12. The monoisotopic (exact) mass is 220 g/mol. The second kappa shape index (κ2) is 4.97. The number of fused-ring (bicyclic) bond motifs is 2. The van der Waals surface area contributed by atoms with Crippen LogP contribution in [0.4, 0.5) is 0 Å². The van der Waals surface area contributed by atoms with Gasteiger partial charge in [0.05, 0.1) is 6.07 Å². The van der Waals surface area contributed by atoms with E-state index in [2.05, 4.69) is 18.0 Å². The molecule has 0 radical (unpaired) electrons. The molecule has 0 saturated carbocycles. The Morgan fingerprint density at radius 1 is 1.38 bits per heavy atom. The van der Waals surface area contributed by atoms with E-state index in [1.165, 1.54) is 12.8 Å². The maximum Gasteiger partial charge on any atom is 0.136 e. The molecule has 2 heterocycles. The van der Waals surface area contributed by atoms with E-state index in [-0.39, 0.29) is 5.92 Å². The molecule has 0 aromatic carbocycles. The average molecular weight is 220 g/mol. The van der Waals surface area contributed by atoms with Gasteiger partial charge in [0.15, 0.2) is 0 Å². The minimum Gasteiger partial charge on any atom is -0.300 e. The average Bonchev–Trinajstić information content (AvgIpc) is 2.53. The summed E-state index contributed by atoms with van der Waals surface area (Å²) >= 11 is 0. The zero-order valence-corrected chi connectivity index (χ0v) is 9.98. The van der Waals surface area contributed by atoms with E-state index >= 15 is 0 Å². The number of ketones is 1. The summed E-state index contributed by atoms with van der Waals surface area (Å²) < 4.78 is 0. The third-order valence-corrected chi connectivity index (χ3v) is 4.27. The number of hydrogen-bond donors (Lipinski definition) is 0. The summed E-state index contributed by atoms with van der Waals surface area (Å²) in [6, 6.07) is 3.39. The third kappa shape index (κ3) is 2.27. The Kier molecular flexibility index (Phi) is 3.60. The first-order valence-corrected chi connectivity index (χ1v) is 6.34. The van der Waals surface area contributed by atoms with Gasteiger partial charge in [0, 0.05) is 30.8 Å². The summed E-state index contributed by atoms with van der Waals surface area (Å²) in [6.45, 7) is 0. The van der Waals surface area contributed by atoms with Crippen molar-refractivity contribution in [2.75, 3.05) is 7.05 Å². The van der Waals surface area contributed by atoms with Gasteiger partial charge in [0.25, 0.3) is 0 Å². The molecule has 3 nitrogen and oxygen atoms in total. The number of unbranched alkanes of at least 4 members (excludes halogenated alkanes) is 1. The van der Waals surface area contributed by atoms with Gasteiger partial charge in [0.1, 0.15) is 5.78 Å². The number of carbonyl (C=O) groups is 1. The number of Topliss-reactive ketones (excluding diaryl/α,β-unsaturated/α-hetero) is 1. The first-order chi connectivity index (χ1) is 7.72. The van der Waals surface area contributed by atoms with Gasteiger partial charge in [-0.15, -0.1) is 0 Å². The number of carbonyl (C=O) groups excluding carboxylic acids is 1. The van der Waals surface area contributed by atoms with Gasteiger partial charge >= 0.3 is 0 Å². The predicted molar refractivity (Wildman–Crippen MR) is 61.8 cm³/mol. The lowest BCUT2D eigenvalue weighted by Crippen LogP contribution is -2.42. The molecule has 2 aliphatic heterocycles. The van der Waals surface area contributed by atoms with Crippen molar-refractivity contribution in [3.8, 4) is 6.07 Å². The zero-order valence-electron chi connectivity index (χ0n) is 9.98. The molecule has 88 valence electrons. The van der Waals surface area contributed by atoms with Gasteiger partial charge in [-0.05, 0) is 39.2 Å². The Balaban J connectivity index is 1.83. The van der Waals surface area contributed by atoms with Crippen LogP contribution in [0.5, 0.6) is 0 Å². The van der Waals surface area contributed by atoms with Gasteiger partial charge < -0.3 is 4.90 Å². The Labute approximate surface area is 97.4 Å². The van der Waals surface area contributed by atoms with Crippen LogP contribution in [0.2, 0.25) is 0 Å². The molecule has 2 bridgehead atoms. The number of nitrogens with zero attached hydrogens (tertiary/aromatic N) is 2. The topological polar surface area (TPSA) is 44.1 Å². The van der Waals surface area contributed by atoms with Crippen molar-refractivity contribution in [3.05, 3.63) is 0 Å². The summed E-state index contributed by atoms with van der Waals surface area (Å²) in [4.78, 5) is 14.4. The van der Waals surface area contributed by atoms with Crippen molar-refractivity contribution in [1.29, 1.82) is 5.26 Å². The van der Waals surface area contributed by atoms with Crippen molar-refractivity contribution < 1.29 is 4.79 Å². The SMILES string of the molecule is CN1C2CCC1CC(C(=O)CCCC#N)C2. The molecule has 0 aromatic rings. The molecule has 0 aliphatic carbocycles. The lowest BCUT2D eigenvalue weighted by Gasteiger charge is -2.35. The first-order valence-electron chi connectivity index (χ1n) is 6.34. The maximum atomic E-state index is 12.0. The van der Waals surface area contributed by atoms with Crippen molar-refractivity contribution in [2.24, 2.45) is 5.92 Å². The Morgan fingerprint density at radius 3 is 2.56 bits per heavy atom. The van der Waals surface area contributed by atoms with Crippen LogP contribution in [-0.2, 0) is 4.79 Å². The Bertz CT molecular complexity index is 294. The summed E-state index contributed by atoms with van der Waals surface area (Å²) in [5.41, 5.74) is 0. The second-order valence-corrected chi connectivity index (χ2v) is 5.20. The van der Waals surface area contributed by atoms with Gasteiger partial charge in [-0.25, -0.2) is 0 Å². The minimum atomic E-state index is 0.285. The lowest BCUT2D eigenvalue weighted by atomic mass is 9.86. The Morgan fingerprint density at radius 2 is 2.00 bits per heavy atom. The van der Waals surface area contributed by atoms with Crippen molar-refractivity contribution >= 4 is 5.78 Å². The number of piperidine rings is 1. The van der Waals surface area contributed by atoms with Crippen molar-refractivity contribution in [1.82, 2.24) is 4.90 Å². The maximum absolute atomic E-state index is 12.0. The molecule has 2 fully saturated rings. The minimum absolute atomic E-state index is 0.285. The number of rotatable bonds is 4. The van der Waals surface area contributed by atoms with Gasteiger partial charge in [-0.3, -0.25) is 4.79 Å². The highest BCUT2D eigenvalue weighted by atomic mass is 16.1. The largest absolute Gasteiger partial charge is 0.300 e. The molecule has 0 amide bonds. The molecule has 2 rings (SSSR count). The summed E-state index contributed by atoms with van der Waals surface area (Å²) in [5.74, 6) is 0.688. The van der Waals surface area contributed by atoms with Gasteiger partial charge in [-0.1, -0.05) is 0 Å². The van der Waals surface area contributed by atoms with E-state index < -0.39 is 0 Å². The van der Waals surface area contributed by atoms with Crippen LogP contribution in [0, 0.1) is 17.2 Å². The molecular weight excluding hydrogens is 200 g/mol. The second-order valence-electron chi connectivity index (χ2n) is 5.20. The molecule has 0 spiro atoms. The fourth-order valence-corrected chi connectivity index (χ4v) is 3.22. The fourth-order valence-electron chi connectivity index (χ4n) is 3.22. The van der Waals surface area contributed by atoms with Crippen LogP contribution in [0.3, 0.4) is 0 Å². The zero-order chi connectivity index (χ0) is 11.5. The molecule has 2 saturated heterocycles. The quantitative estimate of drug-likeness (QED) is 0.682. The van der Waals surface area contributed by atoms with E-state index in [9.17, 15) is 4.79 Å². The van der Waals surface area contributed by atoms with Gasteiger partial charge in [0.2, 0.25) is 0 Å². The summed E-state index contributed by atoms with van der Waals surface area (Å²) in [6.07, 6.45) is 6.52. The third-order valence-electron chi connectivity index (χ3n) is 4.27. The molecule has 2 atom stereocenters. The van der Waals surface area contributed by atoms with E-state index in [1.54, 1.807) is 0 Å². The van der Waals surface area contributed by atoms with E-state index in [0.717, 1.165) is 19.3 Å². The molecule has 2 unspecified atom stereocenters. The van der Waals surface area contributed by atoms with E-state index in [0.29, 0.717) is 30.7 Å².